The summed E-state index contributed by atoms with van der Waals surface area (Å²) in [4.78, 5) is 0. The predicted octanol–water partition coefficient (Wildman–Crippen LogP) is 4.83. The molecule has 1 nitrogen and oxygen atoms in total. The number of nitrogens with one attached hydrogen (secondary N) is 1. The molecule has 2 aromatic rings. The standard InChI is InChI=1S/C15H12BrF2N/c16-13-5-3-11(18)8-15(13)19-14-6-1-9-7-10(17)2-4-12(9)14/h2-5,7-8,14,19H,1,6H2. The van der Waals surface area contributed by atoms with Gasteiger partial charge in [-0.25, -0.2) is 8.78 Å². The smallest absolute Gasteiger partial charge is 0.125 e. The Morgan fingerprint density at radius 2 is 1.79 bits per heavy atom. The van der Waals surface area contributed by atoms with E-state index in [2.05, 4.69) is 21.2 Å². The van der Waals surface area contributed by atoms with Gasteiger partial charge < -0.3 is 5.32 Å². The Labute approximate surface area is 118 Å². The lowest BCUT2D eigenvalue weighted by atomic mass is 10.1. The van der Waals surface area contributed by atoms with Gasteiger partial charge in [0.1, 0.15) is 11.6 Å². The van der Waals surface area contributed by atoms with E-state index in [0.29, 0.717) is 0 Å². The van der Waals surface area contributed by atoms with E-state index >= 15 is 0 Å². The number of fused-ring (bicyclic) bond motifs is 1. The Morgan fingerprint density at radius 3 is 2.63 bits per heavy atom. The molecule has 98 valence electrons. The zero-order valence-electron chi connectivity index (χ0n) is 10.1. The van der Waals surface area contributed by atoms with Gasteiger partial charge in [0.05, 0.1) is 11.7 Å². The van der Waals surface area contributed by atoms with E-state index in [0.717, 1.165) is 34.1 Å². The van der Waals surface area contributed by atoms with Gasteiger partial charge in [0, 0.05) is 4.47 Å². The van der Waals surface area contributed by atoms with Gasteiger partial charge in [0.2, 0.25) is 0 Å². The van der Waals surface area contributed by atoms with E-state index in [1.807, 2.05) is 6.07 Å². The van der Waals surface area contributed by atoms with Gasteiger partial charge in [-0.1, -0.05) is 6.07 Å². The van der Waals surface area contributed by atoms with Crippen LogP contribution in [0.15, 0.2) is 40.9 Å². The molecule has 1 aliphatic carbocycles. The maximum absolute atomic E-state index is 13.3. The summed E-state index contributed by atoms with van der Waals surface area (Å²) in [7, 11) is 0. The van der Waals surface area contributed by atoms with Gasteiger partial charge in [-0.3, -0.25) is 0 Å². The Hall–Kier alpha value is -1.42. The summed E-state index contributed by atoms with van der Waals surface area (Å²) >= 11 is 3.40. The monoisotopic (exact) mass is 323 g/mol. The highest BCUT2D eigenvalue weighted by molar-refractivity contribution is 9.10. The van der Waals surface area contributed by atoms with E-state index in [-0.39, 0.29) is 17.7 Å². The second kappa shape index (κ2) is 4.93. The molecule has 0 bridgehead atoms. The molecule has 1 aliphatic rings. The molecular weight excluding hydrogens is 312 g/mol. The van der Waals surface area contributed by atoms with Crippen LogP contribution in [0.1, 0.15) is 23.6 Å². The molecule has 0 saturated carbocycles. The maximum atomic E-state index is 13.3. The lowest BCUT2D eigenvalue weighted by Crippen LogP contribution is -2.07. The summed E-state index contributed by atoms with van der Waals surface area (Å²) in [6.45, 7) is 0. The molecule has 2 aromatic carbocycles. The molecule has 0 fully saturated rings. The summed E-state index contributed by atoms with van der Waals surface area (Å²) in [5, 5.41) is 3.32. The van der Waals surface area contributed by atoms with Gasteiger partial charge in [0.15, 0.2) is 0 Å². The molecule has 0 spiro atoms. The topological polar surface area (TPSA) is 12.0 Å². The third-order valence-corrected chi connectivity index (χ3v) is 4.13. The van der Waals surface area contributed by atoms with Crippen molar-refractivity contribution in [1.82, 2.24) is 0 Å². The van der Waals surface area contributed by atoms with Crippen LogP contribution in [0.25, 0.3) is 0 Å². The molecule has 0 radical (unpaired) electrons. The summed E-state index contributed by atoms with van der Waals surface area (Å²) < 4.78 is 27.2. The van der Waals surface area contributed by atoms with Crippen LogP contribution in [0.4, 0.5) is 14.5 Å². The van der Waals surface area contributed by atoms with E-state index < -0.39 is 0 Å². The van der Waals surface area contributed by atoms with Crippen LogP contribution in [-0.2, 0) is 6.42 Å². The van der Waals surface area contributed by atoms with Crippen molar-refractivity contribution < 1.29 is 8.78 Å². The average Bonchev–Trinajstić information content (AvgIpc) is 2.76. The number of hydrogen-bond acceptors (Lipinski definition) is 1. The zero-order chi connectivity index (χ0) is 13.4. The van der Waals surface area contributed by atoms with E-state index in [9.17, 15) is 8.78 Å². The number of aryl methyl sites for hydroxylation is 1. The first kappa shape index (κ1) is 12.6. The summed E-state index contributed by atoms with van der Waals surface area (Å²) in [6, 6.07) is 9.52. The summed E-state index contributed by atoms with van der Waals surface area (Å²) in [5.41, 5.74) is 2.85. The van der Waals surface area contributed by atoms with E-state index in [1.165, 1.54) is 18.2 Å². The van der Waals surface area contributed by atoms with Gasteiger partial charge in [-0.2, -0.15) is 0 Å². The van der Waals surface area contributed by atoms with E-state index in [4.69, 9.17) is 0 Å². The maximum Gasteiger partial charge on any atom is 0.125 e. The van der Waals surface area contributed by atoms with Crippen molar-refractivity contribution in [2.45, 2.75) is 18.9 Å². The number of benzene rings is 2. The fraction of sp³-hybridized carbons (Fsp3) is 0.200. The Kier molecular flexibility index (Phi) is 3.27. The number of rotatable bonds is 2. The molecule has 19 heavy (non-hydrogen) atoms. The lowest BCUT2D eigenvalue weighted by molar-refractivity contribution is 0.626. The van der Waals surface area contributed by atoms with Crippen LogP contribution in [0.5, 0.6) is 0 Å². The summed E-state index contributed by atoms with van der Waals surface area (Å²) in [5.74, 6) is -0.477. The third kappa shape index (κ3) is 2.50. The molecule has 4 heteroatoms. The molecule has 1 N–H and O–H groups in total. The average molecular weight is 324 g/mol. The molecular formula is C15H12BrF2N. The quantitative estimate of drug-likeness (QED) is 0.834. The van der Waals surface area contributed by atoms with Crippen molar-refractivity contribution in [2.75, 3.05) is 5.32 Å². The SMILES string of the molecule is Fc1ccc2c(c1)CCC2Nc1cc(F)ccc1Br. The molecule has 0 heterocycles. The van der Waals surface area contributed by atoms with Crippen LogP contribution < -0.4 is 5.32 Å². The number of halogens is 3. The van der Waals surface area contributed by atoms with Crippen LogP contribution >= 0.6 is 15.9 Å². The van der Waals surface area contributed by atoms with Gasteiger partial charge in [-0.15, -0.1) is 0 Å². The second-order valence-electron chi connectivity index (χ2n) is 4.70. The minimum atomic E-state index is -0.275. The zero-order valence-corrected chi connectivity index (χ0v) is 11.7. The van der Waals surface area contributed by atoms with Crippen molar-refractivity contribution in [1.29, 1.82) is 0 Å². The highest BCUT2D eigenvalue weighted by atomic mass is 79.9. The third-order valence-electron chi connectivity index (χ3n) is 3.44. The Bertz CT molecular complexity index is 628. The van der Waals surface area contributed by atoms with Crippen molar-refractivity contribution in [3.63, 3.8) is 0 Å². The predicted molar refractivity (Wildman–Crippen MR) is 75.2 cm³/mol. The summed E-state index contributed by atoms with van der Waals surface area (Å²) in [6.07, 6.45) is 1.74. The molecule has 1 atom stereocenters. The van der Waals surface area contributed by atoms with E-state index in [1.54, 1.807) is 12.1 Å². The van der Waals surface area contributed by atoms with Crippen molar-refractivity contribution in [2.24, 2.45) is 0 Å². The first-order valence-electron chi connectivity index (χ1n) is 6.13. The van der Waals surface area contributed by atoms with Crippen LogP contribution in [0.3, 0.4) is 0 Å². The highest BCUT2D eigenvalue weighted by Gasteiger charge is 2.23. The highest BCUT2D eigenvalue weighted by Crippen LogP contribution is 2.36. The van der Waals surface area contributed by atoms with Gasteiger partial charge in [-0.05, 0) is 70.2 Å². The first-order valence-corrected chi connectivity index (χ1v) is 6.93. The fourth-order valence-electron chi connectivity index (χ4n) is 2.53. The Morgan fingerprint density at radius 1 is 1.05 bits per heavy atom. The normalized spacial score (nSPS) is 17.3. The number of hydrogen-bond donors (Lipinski definition) is 1. The fourth-order valence-corrected chi connectivity index (χ4v) is 2.89. The largest absolute Gasteiger partial charge is 0.377 e. The number of anilines is 1. The molecule has 0 amide bonds. The Balaban J connectivity index is 1.88. The minimum absolute atomic E-state index is 0.105. The van der Waals surface area contributed by atoms with Crippen molar-refractivity contribution in [3.05, 3.63) is 63.6 Å². The second-order valence-corrected chi connectivity index (χ2v) is 5.56. The lowest BCUT2D eigenvalue weighted by Gasteiger charge is -2.17. The molecule has 0 aromatic heterocycles. The first-order chi connectivity index (χ1) is 9.13. The minimum Gasteiger partial charge on any atom is -0.377 e. The van der Waals surface area contributed by atoms with Crippen LogP contribution in [-0.4, -0.2) is 0 Å². The van der Waals surface area contributed by atoms with Crippen molar-refractivity contribution in [3.8, 4) is 0 Å². The molecule has 1 unspecified atom stereocenters. The molecule has 0 aliphatic heterocycles. The molecule has 0 saturated heterocycles. The van der Waals surface area contributed by atoms with Gasteiger partial charge in [0.25, 0.3) is 0 Å². The van der Waals surface area contributed by atoms with Crippen molar-refractivity contribution >= 4 is 21.6 Å². The van der Waals surface area contributed by atoms with Crippen LogP contribution in [0, 0.1) is 11.6 Å². The van der Waals surface area contributed by atoms with Gasteiger partial charge >= 0.3 is 0 Å². The molecule has 3 rings (SSSR count). The van der Waals surface area contributed by atoms with Crippen LogP contribution in [0.2, 0.25) is 0 Å².